The fraction of sp³-hybridized carbons (Fsp3) is 0.682. The average Bonchev–Trinajstić information content (AvgIpc) is 3.59. The third-order valence-electron chi connectivity index (χ3n) is 6.32. The first-order valence-electron chi connectivity index (χ1n) is 11.0. The third kappa shape index (κ3) is 5.49. The first kappa shape index (κ1) is 21.1. The zero-order valence-electron chi connectivity index (χ0n) is 17.7. The number of pyridine rings is 1. The summed E-state index contributed by atoms with van der Waals surface area (Å²) in [5.41, 5.74) is 0.390. The van der Waals surface area contributed by atoms with E-state index in [0.717, 1.165) is 38.4 Å². The number of morpholine rings is 1. The maximum atomic E-state index is 12.5. The van der Waals surface area contributed by atoms with Gasteiger partial charge in [-0.15, -0.1) is 0 Å². The Bertz CT molecular complexity index is 746. The molecular weight excluding hydrogens is 384 g/mol. The lowest BCUT2D eigenvalue weighted by Crippen LogP contribution is -2.52. The van der Waals surface area contributed by atoms with Crippen molar-refractivity contribution < 1.29 is 19.1 Å². The average molecular weight is 417 g/mol. The van der Waals surface area contributed by atoms with Crippen LogP contribution in [0, 0.1) is 11.8 Å². The van der Waals surface area contributed by atoms with Crippen molar-refractivity contribution in [3.63, 3.8) is 0 Å². The Labute approximate surface area is 177 Å². The van der Waals surface area contributed by atoms with Crippen LogP contribution in [0.3, 0.4) is 0 Å². The Kier molecular flexibility index (Phi) is 6.84. The summed E-state index contributed by atoms with van der Waals surface area (Å²) < 4.78 is 10.8. The molecule has 1 aromatic heterocycles. The van der Waals surface area contributed by atoms with Gasteiger partial charge in [0, 0.05) is 32.4 Å². The predicted octanol–water partition coefficient (Wildman–Crippen LogP) is 1.17. The topological polar surface area (TPSA) is 84.0 Å². The summed E-state index contributed by atoms with van der Waals surface area (Å²) in [5.74, 6) is 1.58. The number of methoxy groups -OCH3 is 1. The summed E-state index contributed by atoms with van der Waals surface area (Å²) in [5, 5.41) is 2.88. The second-order valence-electron chi connectivity index (χ2n) is 8.69. The molecule has 0 radical (unpaired) electrons. The molecule has 164 valence electrons. The highest BCUT2D eigenvalue weighted by molar-refractivity contribution is 5.96. The smallest absolute Gasteiger partial charge is 0.256 e. The Balaban J connectivity index is 1.23. The molecule has 3 fully saturated rings. The van der Waals surface area contributed by atoms with Crippen LogP contribution in [0.4, 0.5) is 0 Å². The second kappa shape index (κ2) is 9.75. The van der Waals surface area contributed by atoms with E-state index in [1.807, 2.05) is 4.90 Å². The van der Waals surface area contributed by atoms with Crippen LogP contribution in [-0.2, 0) is 9.53 Å². The third-order valence-corrected chi connectivity index (χ3v) is 6.32. The van der Waals surface area contributed by atoms with Crippen molar-refractivity contribution in [3.8, 4) is 5.88 Å². The Morgan fingerprint density at radius 1 is 1.23 bits per heavy atom. The van der Waals surface area contributed by atoms with Gasteiger partial charge in [-0.2, -0.15) is 0 Å². The molecule has 8 nitrogen and oxygen atoms in total. The van der Waals surface area contributed by atoms with Gasteiger partial charge in [0.1, 0.15) is 12.2 Å². The highest BCUT2D eigenvalue weighted by atomic mass is 16.5. The molecule has 2 amide bonds. The van der Waals surface area contributed by atoms with Crippen LogP contribution < -0.4 is 10.1 Å². The Hall–Kier alpha value is -2.19. The van der Waals surface area contributed by atoms with Crippen molar-refractivity contribution >= 4 is 11.8 Å². The van der Waals surface area contributed by atoms with Crippen molar-refractivity contribution in [1.29, 1.82) is 0 Å². The molecular formula is C22H32N4O4. The van der Waals surface area contributed by atoms with E-state index in [1.54, 1.807) is 18.3 Å². The molecule has 0 bridgehead atoms. The standard InChI is InChI=1S/C22H32N4O4/c1-29-22-19(3-2-8-23-22)21(28)24-11-18-14-26(20(27)15-30-18)13-17-6-9-25(10-7-17)12-16-4-5-16/h2-3,8,16-18H,4-7,9-15H2,1H3,(H,24,28). The number of carbonyl (C=O) groups is 2. The molecule has 8 heteroatoms. The first-order chi connectivity index (χ1) is 14.6. The van der Waals surface area contributed by atoms with Crippen LogP contribution >= 0.6 is 0 Å². The van der Waals surface area contributed by atoms with Crippen molar-refractivity contribution in [2.24, 2.45) is 11.8 Å². The minimum Gasteiger partial charge on any atom is -0.480 e. The Morgan fingerprint density at radius 3 is 2.73 bits per heavy atom. The van der Waals surface area contributed by atoms with Gasteiger partial charge in [-0.25, -0.2) is 4.98 Å². The van der Waals surface area contributed by atoms with E-state index < -0.39 is 0 Å². The zero-order chi connectivity index (χ0) is 20.9. The van der Waals surface area contributed by atoms with E-state index in [4.69, 9.17) is 9.47 Å². The van der Waals surface area contributed by atoms with Gasteiger partial charge in [-0.05, 0) is 62.7 Å². The lowest BCUT2D eigenvalue weighted by Gasteiger charge is -2.38. The second-order valence-corrected chi connectivity index (χ2v) is 8.69. The van der Waals surface area contributed by atoms with Crippen molar-refractivity contribution in [1.82, 2.24) is 20.1 Å². The van der Waals surface area contributed by atoms with Gasteiger partial charge in [0.25, 0.3) is 5.91 Å². The number of amides is 2. The van der Waals surface area contributed by atoms with E-state index in [0.29, 0.717) is 30.5 Å². The van der Waals surface area contributed by atoms with Gasteiger partial charge in [0.05, 0.1) is 13.2 Å². The van der Waals surface area contributed by atoms with E-state index in [2.05, 4.69) is 15.2 Å². The summed E-state index contributed by atoms with van der Waals surface area (Å²) in [6.07, 6.45) is 6.48. The number of hydrogen-bond donors (Lipinski definition) is 1. The Morgan fingerprint density at radius 2 is 2.00 bits per heavy atom. The quantitative estimate of drug-likeness (QED) is 0.685. The number of hydrogen-bond acceptors (Lipinski definition) is 6. The number of aromatic nitrogens is 1. The molecule has 3 heterocycles. The molecule has 1 unspecified atom stereocenters. The maximum absolute atomic E-state index is 12.5. The van der Waals surface area contributed by atoms with Gasteiger partial charge < -0.3 is 24.6 Å². The molecule has 1 saturated carbocycles. The summed E-state index contributed by atoms with van der Waals surface area (Å²) in [7, 11) is 1.49. The van der Waals surface area contributed by atoms with Crippen molar-refractivity contribution in [2.75, 3.05) is 53.0 Å². The van der Waals surface area contributed by atoms with E-state index in [1.165, 1.54) is 26.5 Å². The summed E-state index contributed by atoms with van der Waals surface area (Å²) >= 11 is 0. The van der Waals surface area contributed by atoms with Crippen LogP contribution in [-0.4, -0.2) is 85.7 Å². The number of ether oxygens (including phenoxy) is 2. The minimum absolute atomic E-state index is 0.0481. The van der Waals surface area contributed by atoms with Gasteiger partial charge in [0.15, 0.2) is 0 Å². The normalized spacial score (nSPS) is 23.4. The van der Waals surface area contributed by atoms with E-state index in [-0.39, 0.29) is 24.5 Å². The molecule has 2 saturated heterocycles. The first-order valence-corrected chi connectivity index (χ1v) is 11.0. The molecule has 1 atom stereocenters. The number of carbonyl (C=O) groups excluding carboxylic acids is 2. The molecule has 0 spiro atoms. The van der Waals surface area contributed by atoms with Gasteiger partial charge >= 0.3 is 0 Å². The molecule has 1 N–H and O–H groups in total. The maximum Gasteiger partial charge on any atom is 0.256 e. The van der Waals surface area contributed by atoms with Crippen molar-refractivity contribution in [2.45, 2.75) is 31.8 Å². The summed E-state index contributed by atoms with van der Waals surface area (Å²) in [4.78, 5) is 33.4. The highest BCUT2D eigenvalue weighted by Gasteiger charge is 2.31. The number of nitrogens with zero attached hydrogens (tertiary/aromatic N) is 3. The van der Waals surface area contributed by atoms with Gasteiger partial charge in [0.2, 0.25) is 11.8 Å². The van der Waals surface area contributed by atoms with Crippen LogP contribution in [0.25, 0.3) is 0 Å². The van der Waals surface area contributed by atoms with Crippen LogP contribution in [0.1, 0.15) is 36.0 Å². The largest absolute Gasteiger partial charge is 0.480 e. The van der Waals surface area contributed by atoms with E-state index >= 15 is 0 Å². The number of rotatable bonds is 8. The SMILES string of the molecule is COc1ncccc1C(=O)NCC1CN(CC2CCN(CC3CC3)CC2)C(=O)CO1. The van der Waals surface area contributed by atoms with Gasteiger partial charge in [-0.1, -0.05) is 0 Å². The van der Waals surface area contributed by atoms with E-state index in [9.17, 15) is 9.59 Å². The van der Waals surface area contributed by atoms with Crippen LogP contribution in [0.2, 0.25) is 0 Å². The molecule has 1 aliphatic carbocycles. The fourth-order valence-corrected chi connectivity index (χ4v) is 4.34. The predicted molar refractivity (Wildman–Crippen MR) is 111 cm³/mol. The minimum atomic E-state index is -0.255. The molecule has 4 rings (SSSR count). The zero-order valence-corrected chi connectivity index (χ0v) is 17.7. The van der Waals surface area contributed by atoms with Gasteiger partial charge in [-0.3, -0.25) is 9.59 Å². The highest BCUT2D eigenvalue weighted by Crippen LogP contribution is 2.31. The number of nitrogens with one attached hydrogen (secondary N) is 1. The molecule has 0 aromatic carbocycles. The monoisotopic (exact) mass is 416 g/mol. The molecule has 30 heavy (non-hydrogen) atoms. The number of likely N-dealkylation sites (tertiary alicyclic amines) is 1. The van der Waals surface area contributed by atoms with Crippen LogP contribution in [0.5, 0.6) is 5.88 Å². The summed E-state index contributed by atoms with van der Waals surface area (Å²) in [6.45, 7) is 5.29. The lowest BCUT2D eigenvalue weighted by atomic mass is 9.95. The van der Waals surface area contributed by atoms with Crippen LogP contribution in [0.15, 0.2) is 18.3 Å². The molecule has 2 aliphatic heterocycles. The molecule has 1 aromatic rings. The number of piperidine rings is 1. The summed E-state index contributed by atoms with van der Waals surface area (Å²) in [6, 6.07) is 3.37. The fourth-order valence-electron chi connectivity index (χ4n) is 4.34. The lowest BCUT2D eigenvalue weighted by molar-refractivity contribution is -0.149. The van der Waals surface area contributed by atoms with Crippen molar-refractivity contribution in [3.05, 3.63) is 23.9 Å². The molecule has 3 aliphatic rings.